The minimum atomic E-state index is 0.257. The summed E-state index contributed by atoms with van der Waals surface area (Å²) in [6.45, 7) is 0. The Morgan fingerprint density at radius 3 is 2.87 bits per heavy atom. The van der Waals surface area contributed by atoms with Crippen molar-refractivity contribution in [2.24, 2.45) is 10.7 Å². The number of nitrogens with two attached hydrogens (primary N) is 1. The molecule has 0 fully saturated rings. The van der Waals surface area contributed by atoms with Crippen LogP contribution in [0.25, 0.3) is 6.08 Å². The predicted molar refractivity (Wildman–Crippen MR) is 61.5 cm³/mol. The monoisotopic (exact) mass is 200 g/mol. The van der Waals surface area contributed by atoms with Crippen LogP contribution < -0.4 is 5.73 Å². The first-order valence-electron chi connectivity index (χ1n) is 4.74. The second-order valence-electron chi connectivity index (χ2n) is 3.33. The number of allylic oxidation sites excluding steroid dienone is 1. The number of nitrogens with zero attached hydrogens (tertiary/aromatic N) is 1. The average molecular weight is 200 g/mol. The minimum absolute atomic E-state index is 0.257. The Labute approximate surface area is 88.3 Å². The molecule has 1 aromatic carbocycles. The van der Waals surface area contributed by atoms with E-state index < -0.39 is 0 Å². The third-order valence-electron chi connectivity index (χ3n) is 2.25. The molecule has 0 amide bonds. The molecule has 0 bridgehead atoms. The Balaban J connectivity index is 2.35. The molecule has 1 aliphatic rings. The van der Waals surface area contributed by atoms with Gasteiger partial charge in [-0.25, -0.2) is 4.99 Å². The van der Waals surface area contributed by atoms with Crippen LogP contribution >= 0.6 is 0 Å². The summed E-state index contributed by atoms with van der Waals surface area (Å²) in [4.78, 5) is 4.00. The van der Waals surface area contributed by atoms with Gasteiger partial charge in [0.25, 0.3) is 0 Å². The van der Waals surface area contributed by atoms with Crippen molar-refractivity contribution in [1.29, 1.82) is 0 Å². The van der Waals surface area contributed by atoms with Crippen LogP contribution in [-0.2, 0) is 0 Å². The van der Waals surface area contributed by atoms with Crippen molar-refractivity contribution < 1.29 is 5.11 Å². The van der Waals surface area contributed by atoms with Crippen LogP contribution in [0.4, 0.5) is 0 Å². The fourth-order valence-electron chi connectivity index (χ4n) is 1.43. The van der Waals surface area contributed by atoms with Crippen LogP contribution in [0.1, 0.15) is 12.0 Å². The lowest BCUT2D eigenvalue weighted by atomic mass is 10.1. The number of para-hydroxylation sites is 1. The molecule has 0 radical (unpaired) electrons. The molecule has 15 heavy (non-hydrogen) atoms. The van der Waals surface area contributed by atoms with Gasteiger partial charge in [-0.15, -0.1) is 0 Å². The van der Waals surface area contributed by atoms with Crippen LogP contribution in [0.5, 0.6) is 5.75 Å². The van der Waals surface area contributed by atoms with Gasteiger partial charge < -0.3 is 10.8 Å². The smallest absolute Gasteiger partial charge is 0.126 e. The van der Waals surface area contributed by atoms with Crippen molar-refractivity contribution in [2.75, 3.05) is 0 Å². The number of phenols is 1. The Morgan fingerprint density at radius 2 is 2.13 bits per heavy atom. The van der Waals surface area contributed by atoms with Crippen molar-refractivity contribution in [1.82, 2.24) is 0 Å². The number of rotatable bonds is 1. The molecule has 3 nitrogen and oxygen atoms in total. The van der Waals surface area contributed by atoms with E-state index in [1.807, 2.05) is 24.3 Å². The van der Waals surface area contributed by atoms with Gasteiger partial charge in [-0.05, 0) is 24.1 Å². The standard InChI is InChI=1S/C12H12N2O/c13-12-10(5-3-7-14-12)8-9-4-1-2-6-11(9)15/h1-4,6-8,15H,5H2,(H2,13,14). The minimum Gasteiger partial charge on any atom is -0.507 e. The van der Waals surface area contributed by atoms with E-state index in [9.17, 15) is 5.11 Å². The summed E-state index contributed by atoms with van der Waals surface area (Å²) in [6, 6.07) is 7.15. The van der Waals surface area contributed by atoms with Crippen LogP contribution in [0.2, 0.25) is 0 Å². The van der Waals surface area contributed by atoms with E-state index in [1.165, 1.54) is 0 Å². The lowest BCUT2D eigenvalue weighted by Crippen LogP contribution is -2.15. The first-order valence-corrected chi connectivity index (χ1v) is 4.74. The van der Waals surface area contributed by atoms with E-state index in [2.05, 4.69) is 4.99 Å². The molecule has 1 aliphatic heterocycles. The van der Waals surface area contributed by atoms with Crippen LogP contribution in [0, 0.1) is 0 Å². The molecular weight excluding hydrogens is 188 g/mol. The lowest BCUT2D eigenvalue weighted by Gasteiger charge is -2.08. The SMILES string of the molecule is NC1=NC=CCC1=Cc1ccccc1O. The summed E-state index contributed by atoms with van der Waals surface area (Å²) >= 11 is 0. The first kappa shape index (κ1) is 9.52. The van der Waals surface area contributed by atoms with E-state index in [4.69, 9.17) is 5.73 Å². The van der Waals surface area contributed by atoms with Crippen LogP contribution in [-0.4, -0.2) is 10.9 Å². The largest absolute Gasteiger partial charge is 0.507 e. The molecule has 3 heteroatoms. The highest BCUT2D eigenvalue weighted by molar-refractivity contribution is 6.02. The number of aliphatic imine (C=N–C) groups is 1. The highest BCUT2D eigenvalue weighted by atomic mass is 16.3. The highest BCUT2D eigenvalue weighted by Crippen LogP contribution is 2.21. The van der Waals surface area contributed by atoms with Crippen molar-refractivity contribution in [3.05, 3.63) is 47.7 Å². The van der Waals surface area contributed by atoms with Gasteiger partial charge in [-0.2, -0.15) is 0 Å². The van der Waals surface area contributed by atoms with Crippen LogP contribution in [0.3, 0.4) is 0 Å². The third kappa shape index (κ3) is 2.07. The van der Waals surface area contributed by atoms with Gasteiger partial charge in [-0.1, -0.05) is 24.3 Å². The molecule has 0 saturated carbocycles. The zero-order chi connectivity index (χ0) is 10.7. The Bertz CT molecular complexity index is 458. The zero-order valence-corrected chi connectivity index (χ0v) is 8.22. The van der Waals surface area contributed by atoms with E-state index >= 15 is 0 Å². The molecule has 0 saturated heterocycles. The Hall–Kier alpha value is -2.03. The van der Waals surface area contributed by atoms with Crippen molar-refractivity contribution >= 4 is 11.9 Å². The Kier molecular flexibility index (Phi) is 2.54. The number of aromatic hydroxyl groups is 1. The summed E-state index contributed by atoms with van der Waals surface area (Å²) in [7, 11) is 0. The van der Waals surface area contributed by atoms with E-state index in [1.54, 1.807) is 18.3 Å². The van der Waals surface area contributed by atoms with E-state index in [-0.39, 0.29) is 5.75 Å². The van der Waals surface area contributed by atoms with E-state index in [0.29, 0.717) is 5.84 Å². The van der Waals surface area contributed by atoms with E-state index in [0.717, 1.165) is 17.6 Å². The van der Waals surface area contributed by atoms with Gasteiger partial charge in [0, 0.05) is 11.8 Å². The maximum absolute atomic E-state index is 9.58. The number of amidine groups is 1. The molecule has 2 rings (SSSR count). The normalized spacial score (nSPS) is 17.9. The maximum Gasteiger partial charge on any atom is 0.126 e. The predicted octanol–water partition coefficient (Wildman–Crippen LogP) is 2.05. The second-order valence-corrected chi connectivity index (χ2v) is 3.33. The number of benzene rings is 1. The quantitative estimate of drug-likeness (QED) is 0.728. The fourth-order valence-corrected chi connectivity index (χ4v) is 1.43. The van der Waals surface area contributed by atoms with Gasteiger partial charge in [0.2, 0.25) is 0 Å². The molecular formula is C12H12N2O. The summed E-state index contributed by atoms with van der Waals surface area (Å²) in [5, 5.41) is 9.58. The van der Waals surface area contributed by atoms with Gasteiger partial charge in [0.1, 0.15) is 11.6 Å². The molecule has 0 spiro atoms. The molecule has 0 atom stereocenters. The summed E-state index contributed by atoms with van der Waals surface area (Å²) in [5.74, 6) is 0.771. The van der Waals surface area contributed by atoms with Crippen molar-refractivity contribution in [3.63, 3.8) is 0 Å². The van der Waals surface area contributed by atoms with Gasteiger partial charge >= 0.3 is 0 Å². The molecule has 0 aliphatic carbocycles. The fraction of sp³-hybridized carbons (Fsp3) is 0.0833. The Morgan fingerprint density at radius 1 is 1.33 bits per heavy atom. The molecule has 0 unspecified atom stereocenters. The molecule has 0 aromatic heterocycles. The van der Waals surface area contributed by atoms with Crippen molar-refractivity contribution in [2.45, 2.75) is 6.42 Å². The number of hydrogen-bond donors (Lipinski definition) is 2. The van der Waals surface area contributed by atoms with Crippen LogP contribution in [0.15, 0.2) is 47.1 Å². The maximum atomic E-state index is 9.58. The summed E-state index contributed by atoms with van der Waals surface area (Å²) in [6.07, 6.45) is 6.24. The second kappa shape index (κ2) is 4.00. The van der Waals surface area contributed by atoms with Gasteiger partial charge in [0.05, 0.1) is 0 Å². The molecule has 1 aromatic rings. The molecule has 76 valence electrons. The summed E-state index contributed by atoms with van der Waals surface area (Å²) in [5.41, 5.74) is 7.42. The van der Waals surface area contributed by atoms with Crippen molar-refractivity contribution in [3.8, 4) is 5.75 Å². The highest BCUT2D eigenvalue weighted by Gasteiger charge is 2.05. The summed E-state index contributed by atoms with van der Waals surface area (Å²) < 4.78 is 0. The topological polar surface area (TPSA) is 58.6 Å². The number of phenolic OH excluding ortho intramolecular Hbond substituents is 1. The van der Waals surface area contributed by atoms with Gasteiger partial charge in [0.15, 0.2) is 0 Å². The zero-order valence-electron chi connectivity index (χ0n) is 8.22. The number of hydrogen-bond acceptors (Lipinski definition) is 3. The molecule has 3 N–H and O–H groups in total. The first-order chi connectivity index (χ1) is 7.27. The molecule has 1 heterocycles. The van der Waals surface area contributed by atoms with Gasteiger partial charge in [-0.3, -0.25) is 0 Å². The lowest BCUT2D eigenvalue weighted by molar-refractivity contribution is 0.474. The third-order valence-corrected chi connectivity index (χ3v) is 2.25. The average Bonchev–Trinajstić information content (AvgIpc) is 2.24.